The molecule has 2 heterocycles. The van der Waals surface area contributed by atoms with Crippen molar-refractivity contribution in [2.75, 3.05) is 14.2 Å². The van der Waals surface area contributed by atoms with E-state index in [-0.39, 0.29) is 12.0 Å². The quantitative estimate of drug-likeness (QED) is 0.450. The zero-order valence-corrected chi connectivity index (χ0v) is 19.2. The zero-order chi connectivity index (χ0) is 22.2. The van der Waals surface area contributed by atoms with Gasteiger partial charge >= 0.3 is 5.97 Å². The number of benzene rings is 3. The standard InChI is InChI=1S/C25H21BrN2O4/c1-30-19-5-3-4-17(12-19)21-14-22-20-13-18(26)10-11-23(20)32-24(28(22)27-21)15-6-8-16(9-7-15)25(29)31-2/h3-13,22,24H,14H2,1-2H3/t22-,24-/m1/s1. The van der Waals surface area contributed by atoms with Gasteiger partial charge in [0.2, 0.25) is 6.23 Å². The molecule has 0 spiro atoms. The molecule has 2 aliphatic heterocycles. The van der Waals surface area contributed by atoms with Crippen LogP contribution in [-0.2, 0) is 4.74 Å². The lowest BCUT2D eigenvalue weighted by Crippen LogP contribution is -2.33. The summed E-state index contributed by atoms with van der Waals surface area (Å²) in [4.78, 5) is 11.8. The minimum Gasteiger partial charge on any atom is -0.497 e. The van der Waals surface area contributed by atoms with Crippen LogP contribution >= 0.6 is 15.9 Å². The number of hydrogen-bond acceptors (Lipinski definition) is 6. The van der Waals surface area contributed by atoms with E-state index < -0.39 is 6.23 Å². The number of carbonyl (C=O) groups is 1. The highest BCUT2D eigenvalue weighted by Gasteiger charge is 2.41. The summed E-state index contributed by atoms with van der Waals surface area (Å²) in [6.07, 6.45) is 0.333. The Labute approximate surface area is 194 Å². The number of nitrogens with zero attached hydrogens (tertiary/aromatic N) is 2. The van der Waals surface area contributed by atoms with E-state index in [1.54, 1.807) is 19.2 Å². The Bertz CT molecular complexity index is 1210. The first-order valence-corrected chi connectivity index (χ1v) is 11.0. The van der Waals surface area contributed by atoms with Gasteiger partial charge in [0.25, 0.3) is 0 Å². The van der Waals surface area contributed by atoms with Gasteiger partial charge in [0, 0.05) is 27.6 Å². The van der Waals surface area contributed by atoms with Gasteiger partial charge in [-0.15, -0.1) is 0 Å². The second-order valence-electron chi connectivity index (χ2n) is 7.64. The van der Waals surface area contributed by atoms with Crippen molar-refractivity contribution < 1.29 is 19.0 Å². The lowest BCUT2D eigenvalue weighted by molar-refractivity contribution is -0.0191. The molecule has 0 aromatic heterocycles. The Morgan fingerprint density at radius 3 is 2.66 bits per heavy atom. The van der Waals surface area contributed by atoms with Crippen molar-refractivity contribution >= 4 is 27.6 Å². The lowest BCUT2D eigenvalue weighted by Gasteiger charge is -2.38. The number of carbonyl (C=O) groups excluding carboxylic acids is 1. The lowest BCUT2D eigenvalue weighted by atomic mass is 9.95. The number of methoxy groups -OCH3 is 2. The molecule has 32 heavy (non-hydrogen) atoms. The maximum atomic E-state index is 11.8. The normalized spacial score (nSPS) is 18.8. The van der Waals surface area contributed by atoms with Crippen LogP contribution in [0.1, 0.15) is 45.7 Å². The van der Waals surface area contributed by atoms with Crippen molar-refractivity contribution in [2.45, 2.75) is 18.7 Å². The topological polar surface area (TPSA) is 60.4 Å². The van der Waals surface area contributed by atoms with Crippen molar-refractivity contribution in [3.63, 3.8) is 0 Å². The van der Waals surface area contributed by atoms with Crippen molar-refractivity contribution in [1.82, 2.24) is 5.01 Å². The third kappa shape index (κ3) is 3.62. The summed E-state index contributed by atoms with van der Waals surface area (Å²) in [5.41, 5.74) is 4.49. The number of fused-ring (bicyclic) bond motifs is 3. The Hall–Kier alpha value is -3.32. The number of ether oxygens (including phenoxy) is 3. The Kier molecular flexibility index (Phi) is 5.35. The van der Waals surface area contributed by atoms with Gasteiger partial charge in [-0.1, -0.05) is 40.2 Å². The SMILES string of the molecule is COC(=O)c1ccc([C@H]2Oc3ccc(Br)cc3[C@H]3CC(c4cccc(OC)c4)=NN32)cc1. The highest BCUT2D eigenvalue weighted by molar-refractivity contribution is 9.10. The van der Waals surface area contributed by atoms with Gasteiger partial charge in [0.05, 0.1) is 31.5 Å². The summed E-state index contributed by atoms with van der Waals surface area (Å²) < 4.78 is 17.6. The maximum absolute atomic E-state index is 11.8. The fourth-order valence-electron chi connectivity index (χ4n) is 4.16. The van der Waals surface area contributed by atoms with Gasteiger partial charge < -0.3 is 14.2 Å². The van der Waals surface area contributed by atoms with E-state index in [1.807, 2.05) is 53.5 Å². The first kappa shape index (κ1) is 20.6. The molecule has 5 rings (SSSR count). The van der Waals surface area contributed by atoms with E-state index in [2.05, 4.69) is 22.0 Å². The largest absolute Gasteiger partial charge is 0.497 e. The van der Waals surface area contributed by atoms with Crippen LogP contribution in [0.3, 0.4) is 0 Å². The molecule has 0 N–H and O–H groups in total. The molecule has 3 aromatic carbocycles. The Balaban J connectivity index is 1.56. The molecule has 0 saturated carbocycles. The molecule has 0 fully saturated rings. The van der Waals surface area contributed by atoms with Crippen LogP contribution in [0.4, 0.5) is 0 Å². The number of esters is 1. The van der Waals surface area contributed by atoms with Crippen LogP contribution in [0.5, 0.6) is 11.5 Å². The molecule has 6 nitrogen and oxygen atoms in total. The summed E-state index contributed by atoms with van der Waals surface area (Å²) in [7, 11) is 3.04. The summed E-state index contributed by atoms with van der Waals surface area (Å²) in [5.74, 6) is 1.26. The van der Waals surface area contributed by atoms with Crippen molar-refractivity contribution in [3.05, 3.63) is 93.5 Å². The van der Waals surface area contributed by atoms with Gasteiger partial charge in [0.15, 0.2) is 0 Å². The summed E-state index contributed by atoms with van der Waals surface area (Å²) in [5, 5.41) is 6.99. The molecule has 2 aliphatic rings. The van der Waals surface area contributed by atoms with Crippen LogP contribution in [0.25, 0.3) is 0 Å². The molecule has 0 amide bonds. The molecule has 0 aliphatic carbocycles. The number of rotatable bonds is 4. The van der Waals surface area contributed by atoms with Gasteiger partial charge in [-0.25, -0.2) is 9.80 Å². The van der Waals surface area contributed by atoms with E-state index in [0.717, 1.165) is 44.8 Å². The fraction of sp³-hybridized carbons (Fsp3) is 0.200. The highest BCUT2D eigenvalue weighted by atomic mass is 79.9. The third-order valence-electron chi connectivity index (χ3n) is 5.77. The first-order chi connectivity index (χ1) is 15.6. The Morgan fingerprint density at radius 2 is 1.91 bits per heavy atom. The molecule has 2 atom stereocenters. The van der Waals surface area contributed by atoms with Crippen LogP contribution in [0, 0.1) is 0 Å². The van der Waals surface area contributed by atoms with Crippen molar-refractivity contribution in [3.8, 4) is 11.5 Å². The number of hydrazone groups is 1. The van der Waals surface area contributed by atoms with E-state index in [0.29, 0.717) is 5.56 Å². The number of hydrogen-bond donors (Lipinski definition) is 0. The van der Waals surface area contributed by atoms with E-state index in [4.69, 9.17) is 19.3 Å². The molecular weight excluding hydrogens is 472 g/mol. The molecule has 162 valence electrons. The second-order valence-corrected chi connectivity index (χ2v) is 8.56. The van der Waals surface area contributed by atoms with Crippen molar-refractivity contribution in [1.29, 1.82) is 0 Å². The second kappa shape index (κ2) is 8.31. The molecular formula is C25H21BrN2O4. The maximum Gasteiger partial charge on any atom is 0.337 e. The molecule has 0 saturated heterocycles. The van der Waals surface area contributed by atoms with Gasteiger partial charge in [-0.3, -0.25) is 0 Å². The average Bonchev–Trinajstić information content (AvgIpc) is 3.29. The molecule has 0 radical (unpaired) electrons. The number of halogens is 1. The third-order valence-corrected chi connectivity index (χ3v) is 6.27. The minimum absolute atomic E-state index is 0.0303. The molecule has 7 heteroatoms. The van der Waals surface area contributed by atoms with Crippen LogP contribution < -0.4 is 9.47 Å². The van der Waals surface area contributed by atoms with Crippen LogP contribution in [0.15, 0.2) is 76.3 Å². The van der Waals surface area contributed by atoms with Crippen molar-refractivity contribution in [2.24, 2.45) is 5.10 Å². The first-order valence-electron chi connectivity index (χ1n) is 10.2. The van der Waals surface area contributed by atoms with E-state index in [1.165, 1.54) is 7.11 Å². The van der Waals surface area contributed by atoms with E-state index in [9.17, 15) is 4.79 Å². The Morgan fingerprint density at radius 1 is 1.09 bits per heavy atom. The smallest absolute Gasteiger partial charge is 0.337 e. The summed E-state index contributed by atoms with van der Waals surface area (Å²) >= 11 is 3.58. The van der Waals surface area contributed by atoms with Crippen LogP contribution in [0.2, 0.25) is 0 Å². The van der Waals surface area contributed by atoms with Crippen LogP contribution in [-0.4, -0.2) is 30.9 Å². The fourth-order valence-corrected chi connectivity index (χ4v) is 4.54. The van der Waals surface area contributed by atoms with Gasteiger partial charge in [-0.05, 0) is 42.5 Å². The monoisotopic (exact) mass is 492 g/mol. The van der Waals surface area contributed by atoms with Gasteiger partial charge in [-0.2, -0.15) is 5.10 Å². The van der Waals surface area contributed by atoms with E-state index >= 15 is 0 Å². The zero-order valence-electron chi connectivity index (χ0n) is 17.6. The molecule has 3 aromatic rings. The average molecular weight is 493 g/mol. The predicted octanol–water partition coefficient (Wildman–Crippen LogP) is 5.49. The van der Waals surface area contributed by atoms with Gasteiger partial charge in [0.1, 0.15) is 11.5 Å². The molecule has 0 bridgehead atoms. The predicted molar refractivity (Wildman–Crippen MR) is 124 cm³/mol. The summed E-state index contributed by atoms with van der Waals surface area (Å²) in [6, 6.07) is 21.3. The summed E-state index contributed by atoms with van der Waals surface area (Å²) in [6.45, 7) is 0. The molecule has 0 unspecified atom stereocenters. The minimum atomic E-state index is -0.413. The highest BCUT2D eigenvalue weighted by Crippen LogP contribution is 2.48.